The topological polar surface area (TPSA) is 41.3 Å². The van der Waals surface area contributed by atoms with Crippen LogP contribution in [0.25, 0.3) is 42.1 Å². The zero-order valence-electron chi connectivity index (χ0n) is 24.1. The van der Waals surface area contributed by atoms with E-state index in [1.165, 1.54) is 59.0 Å². The minimum Gasteiger partial charge on any atom is -0.397 e. The molecule has 2 heterocycles. The summed E-state index contributed by atoms with van der Waals surface area (Å²) in [6, 6.07) is 37.4. The maximum absolute atomic E-state index is 6.74. The van der Waals surface area contributed by atoms with Gasteiger partial charge in [-0.25, -0.2) is 0 Å². The van der Waals surface area contributed by atoms with Gasteiger partial charge in [0.2, 0.25) is 0 Å². The number of nitrogens with two attached hydrogens (primary N) is 1. The molecule has 0 amide bonds. The fraction of sp³-hybridized carbons (Fsp3) is 0.158. The Balaban J connectivity index is 0.00000141. The van der Waals surface area contributed by atoms with Crippen molar-refractivity contribution in [2.75, 3.05) is 10.2 Å². The van der Waals surface area contributed by atoms with Crippen LogP contribution in [0, 0.1) is 0 Å². The molecule has 42 heavy (non-hydrogen) atoms. The zero-order valence-corrected chi connectivity index (χ0v) is 24.9. The number of anilines is 2. The molecule has 3 nitrogen and oxygen atoms in total. The van der Waals surface area contributed by atoms with E-state index in [1.54, 1.807) is 0 Å². The first-order valence-corrected chi connectivity index (χ1v) is 15.8. The summed E-state index contributed by atoms with van der Waals surface area (Å²) in [6.07, 6.45) is 7.26. The molecule has 0 saturated carbocycles. The van der Waals surface area contributed by atoms with Gasteiger partial charge in [-0.2, -0.15) is 0 Å². The fourth-order valence-electron chi connectivity index (χ4n) is 6.56. The first-order valence-electron chi connectivity index (χ1n) is 15.0. The SMILES string of the molecule is CC.NC1=CCCC=C1N1c2ccccc2-c2c(c3sc4ccccc4c3c3ccccc23)NC1Cc1ccccc1. The predicted octanol–water partition coefficient (Wildman–Crippen LogP) is 10.2. The minimum absolute atomic E-state index is 0.0318. The third kappa shape index (κ3) is 4.26. The molecule has 3 N–H and O–H groups in total. The molecule has 0 spiro atoms. The molecular formula is C38H35N3S. The summed E-state index contributed by atoms with van der Waals surface area (Å²) in [6.45, 7) is 4.00. The van der Waals surface area contributed by atoms with Gasteiger partial charge >= 0.3 is 0 Å². The lowest BCUT2D eigenvalue weighted by Gasteiger charge is -2.37. The van der Waals surface area contributed by atoms with E-state index in [1.807, 2.05) is 25.2 Å². The fourth-order valence-corrected chi connectivity index (χ4v) is 7.80. The molecule has 6 aromatic rings. The maximum atomic E-state index is 6.74. The summed E-state index contributed by atoms with van der Waals surface area (Å²) >= 11 is 1.89. The standard InChI is InChI=1S/C36H29N3S.C2H6/c37-28-18-8-10-20-30(28)39-29-19-9-6-16-26(29)33-24-14-4-5-15-25(24)34-27-17-7-11-21-31(27)40-36(34)35(33)38-32(39)22-23-12-2-1-3-13-23;1-2/h1-7,9,11-21,32,38H,8,10,22,37H2;1-2H3. The van der Waals surface area contributed by atoms with Crippen molar-refractivity contribution >= 4 is 53.7 Å². The van der Waals surface area contributed by atoms with Gasteiger partial charge in [0.15, 0.2) is 0 Å². The molecular weight excluding hydrogens is 531 g/mol. The molecule has 0 radical (unpaired) electrons. The molecule has 2 aliphatic rings. The molecule has 5 aromatic carbocycles. The average molecular weight is 566 g/mol. The number of nitrogens with one attached hydrogen (secondary N) is 1. The second-order valence-electron chi connectivity index (χ2n) is 10.7. The maximum Gasteiger partial charge on any atom is 0.108 e. The summed E-state index contributed by atoms with van der Waals surface area (Å²) in [4.78, 5) is 2.46. The lowest BCUT2D eigenvalue weighted by Crippen LogP contribution is -2.43. The number of hydrogen-bond donors (Lipinski definition) is 2. The van der Waals surface area contributed by atoms with E-state index in [0.29, 0.717) is 0 Å². The second-order valence-corrected chi connectivity index (χ2v) is 11.7. The Hall–Kier alpha value is -4.54. The summed E-state index contributed by atoms with van der Waals surface area (Å²) in [7, 11) is 0. The van der Waals surface area contributed by atoms with E-state index in [9.17, 15) is 0 Å². The van der Waals surface area contributed by atoms with Gasteiger partial charge in [0.05, 0.1) is 27.5 Å². The molecule has 1 aromatic heterocycles. The number of nitrogens with zero attached hydrogens (tertiary/aromatic N) is 1. The molecule has 208 valence electrons. The van der Waals surface area contributed by atoms with Crippen LogP contribution < -0.4 is 16.0 Å². The van der Waals surface area contributed by atoms with Gasteiger partial charge in [0, 0.05) is 33.0 Å². The van der Waals surface area contributed by atoms with Crippen molar-refractivity contribution in [2.45, 2.75) is 39.3 Å². The largest absolute Gasteiger partial charge is 0.397 e. The number of rotatable bonds is 3. The molecule has 0 bridgehead atoms. The van der Waals surface area contributed by atoms with Gasteiger partial charge in [-0.05, 0) is 41.3 Å². The number of allylic oxidation sites excluding steroid dienone is 2. The van der Waals surface area contributed by atoms with Crippen LogP contribution in [0.3, 0.4) is 0 Å². The van der Waals surface area contributed by atoms with Crippen LogP contribution in [0.1, 0.15) is 32.3 Å². The van der Waals surface area contributed by atoms with Crippen molar-refractivity contribution in [3.05, 3.63) is 132 Å². The van der Waals surface area contributed by atoms with E-state index >= 15 is 0 Å². The number of thiophene rings is 1. The van der Waals surface area contributed by atoms with Crippen molar-refractivity contribution in [1.82, 2.24) is 0 Å². The van der Waals surface area contributed by atoms with Crippen LogP contribution in [0.2, 0.25) is 0 Å². The zero-order chi connectivity index (χ0) is 28.6. The van der Waals surface area contributed by atoms with Gasteiger partial charge in [-0.3, -0.25) is 0 Å². The van der Waals surface area contributed by atoms with Crippen LogP contribution >= 0.6 is 11.3 Å². The molecule has 1 aliphatic heterocycles. The minimum atomic E-state index is -0.0318. The highest BCUT2D eigenvalue weighted by Crippen LogP contribution is 2.52. The van der Waals surface area contributed by atoms with Crippen LogP contribution in [0.4, 0.5) is 11.4 Å². The third-order valence-electron chi connectivity index (χ3n) is 8.29. The van der Waals surface area contributed by atoms with Gasteiger partial charge in [0.1, 0.15) is 6.17 Å². The van der Waals surface area contributed by atoms with E-state index in [-0.39, 0.29) is 6.17 Å². The van der Waals surface area contributed by atoms with Crippen LogP contribution in [0.5, 0.6) is 0 Å². The summed E-state index contributed by atoms with van der Waals surface area (Å²) in [5, 5.41) is 9.36. The Kier molecular flexibility index (Phi) is 6.93. The van der Waals surface area contributed by atoms with Gasteiger partial charge < -0.3 is 16.0 Å². The van der Waals surface area contributed by atoms with Crippen molar-refractivity contribution in [3.8, 4) is 11.1 Å². The predicted molar refractivity (Wildman–Crippen MR) is 183 cm³/mol. The highest BCUT2D eigenvalue weighted by molar-refractivity contribution is 7.26. The molecule has 1 aliphatic carbocycles. The average Bonchev–Trinajstić information content (AvgIpc) is 3.37. The summed E-state index contributed by atoms with van der Waals surface area (Å²) in [5.74, 6) is 0. The summed E-state index contributed by atoms with van der Waals surface area (Å²) < 4.78 is 2.62. The van der Waals surface area contributed by atoms with Gasteiger partial charge in [-0.15, -0.1) is 11.3 Å². The Labute approximate surface area is 251 Å². The quantitative estimate of drug-likeness (QED) is 0.224. The van der Waals surface area contributed by atoms with E-state index in [4.69, 9.17) is 5.73 Å². The Morgan fingerprint density at radius 2 is 1.43 bits per heavy atom. The molecule has 0 saturated heterocycles. The highest BCUT2D eigenvalue weighted by atomic mass is 32.1. The lowest BCUT2D eigenvalue weighted by atomic mass is 9.92. The smallest absolute Gasteiger partial charge is 0.108 e. The van der Waals surface area contributed by atoms with Crippen LogP contribution in [0.15, 0.2) is 127 Å². The van der Waals surface area contributed by atoms with Gasteiger partial charge in [0.25, 0.3) is 0 Å². The monoisotopic (exact) mass is 565 g/mol. The second kappa shape index (κ2) is 11.0. The normalized spacial score (nSPS) is 16.0. The highest BCUT2D eigenvalue weighted by Gasteiger charge is 2.33. The number of benzene rings is 5. The van der Waals surface area contributed by atoms with Crippen molar-refractivity contribution in [3.63, 3.8) is 0 Å². The molecule has 1 unspecified atom stereocenters. The molecule has 1 atom stereocenters. The van der Waals surface area contributed by atoms with E-state index in [0.717, 1.165) is 30.7 Å². The van der Waals surface area contributed by atoms with Crippen molar-refractivity contribution < 1.29 is 0 Å². The molecule has 0 fully saturated rings. The molecule has 4 heteroatoms. The van der Waals surface area contributed by atoms with Crippen LogP contribution in [-0.2, 0) is 6.42 Å². The number of para-hydroxylation sites is 1. The molecule has 8 rings (SSSR count). The van der Waals surface area contributed by atoms with Gasteiger partial charge in [-0.1, -0.05) is 117 Å². The number of fused-ring (bicyclic) bond motifs is 10. The Morgan fingerprint density at radius 1 is 0.762 bits per heavy atom. The lowest BCUT2D eigenvalue weighted by molar-refractivity contribution is 0.697. The van der Waals surface area contributed by atoms with Crippen molar-refractivity contribution in [2.24, 2.45) is 5.73 Å². The van der Waals surface area contributed by atoms with Crippen molar-refractivity contribution in [1.29, 1.82) is 0 Å². The first-order chi connectivity index (χ1) is 20.8. The Bertz CT molecular complexity index is 1980. The van der Waals surface area contributed by atoms with E-state index in [2.05, 4.69) is 125 Å². The third-order valence-corrected chi connectivity index (χ3v) is 9.48. The number of hydrogen-bond acceptors (Lipinski definition) is 4. The summed E-state index contributed by atoms with van der Waals surface area (Å²) in [5.41, 5.74) is 14.9. The van der Waals surface area contributed by atoms with E-state index < -0.39 is 0 Å². The first kappa shape index (κ1) is 26.4. The Morgan fingerprint density at radius 3 is 2.24 bits per heavy atom. The van der Waals surface area contributed by atoms with Crippen LogP contribution in [-0.4, -0.2) is 6.17 Å².